The molecule has 17 heavy (non-hydrogen) atoms. The number of hydrogen-bond donors (Lipinski definition) is 1. The highest BCUT2D eigenvalue weighted by Gasteiger charge is 2.12. The molecule has 3 nitrogen and oxygen atoms in total. The third-order valence-electron chi connectivity index (χ3n) is 2.75. The SMILES string of the molecule is COc1ccc(Cl)cc1C(C)CCCC(=O)O. The van der Waals surface area contributed by atoms with E-state index < -0.39 is 5.97 Å². The predicted molar refractivity (Wildman–Crippen MR) is 67.9 cm³/mol. The van der Waals surface area contributed by atoms with Crippen LogP contribution < -0.4 is 4.74 Å². The van der Waals surface area contributed by atoms with Gasteiger partial charge in [0.15, 0.2) is 0 Å². The van der Waals surface area contributed by atoms with Crippen molar-refractivity contribution in [3.05, 3.63) is 28.8 Å². The average molecular weight is 257 g/mol. The molecule has 0 spiro atoms. The normalized spacial score (nSPS) is 12.2. The molecule has 0 saturated carbocycles. The summed E-state index contributed by atoms with van der Waals surface area (Å²) in [7, 11) is 1.62. The van der Waals surface area contributed by atoms with E-state index in [1.165, 1.54) is 0 Å². The number of carboxylic acids is 1. The Morgan fingerprint density at radius 3 is 2.82 bits per heavy atom. The summed E-state index contributed by atoms with van der Waals surface area (Å²) in [6.45, 7) is 2.05. The lowest BCUT2D eigenvalue weighted by Crippen LogP contribution is -2.00. The van der Waals surface area contributed by atoms with Crippen LogP contribution in [0.15, 0.2) is 18.2 Å². The van der Waals surface area contributed by atoms with E-state index in [0.717, 1.165) is 17.7 Å². The Morgan fingerprint density at radius 1 is 1.53 bits per heavy atom. The number of carbonyl (C=O) groups is 1. The molecule has 0 fully saturated rings. The fourth-order valence-corrected chi connectivity index (χ4v) is 1.99. The van der Waals surface area contributed by atoms with Crippen LogP contribution in [0, 0.1) is 0 Å². The molecule has 4 heteroatoms. The largest absolute Gasteiger partial charge is 0.496 e. The van der Waals surface area contributed by atoms with Crippen molar-refractivity contribution in [1.82, 2.24) is 0 Å². The minimum Gasteiger partial charge on any atom is -0.496 e. The van der Waals surface area contributed by atoms with Crippen molar-refractivity contribution in [2.45, 2.75) is 32.1 Å². The summed E-state index contributed by atoms with van der Waals surface area (Å²) in [4.78, 5) is 10.4. The first kappa shape index (κ1) is 13.8. The molecule has 0 aliphatic rings. The van der Waals surface area contributed by atoms with E-state index in [9.17, 15) is 4.79 Å². The molecule has 0 bridgehead atoms. The Morgan fingerprint density at radius 2 is 2.24 bits per heavy atom. The van der Waals surface area contributed by atoms with Gasteiger partial charge in [0.1, 0.15) is 5.75 Å². The van der Waals surface area contributed by atoms with E-state index in [1.54, 1.807) is 13.2 Å². The summed E-state index contributed by atoms with van der Waals surface area (Å²) in [6, 6.07) is 5.51. The second kappa shape index (κ2) is 6.50. The quantitative estimate of drug-likeness (QED) is 0.844. The van der Waals surface area contributed by atoms with Crippen molar-refractivity contribution in [2.75, 3.05) is 7.11 Å². The minimum atomic E-state index is -0.754. The lowest BCUT2D eigenvalue weighted by atomic mass is 9.94. The van der Waals surface area contributed by atoms with Crippen LogP contribution >= 0.6 is 11.6 Å². The molecule has 0 aliphatic carbocycles. The fraction of sp³-hybridized carbons (Fsp3) is 0.462. The lowest BCUT2D eigenvalue weighted by Gasteiger charge is -2.15. The molecule has 94 valence electrons. The number of methoxy groups -OCH3 is 1. The van der Waals surface area contributed by atoms with E-state index in [-0.39, 0.29) is 12.3 Å². The van der Waals surface area contributed by atoms with Crippen LogP contribution in [0.4, 0.5) is 0 Å². The van der Waals surface area contributed by atoms with Crippen LogP contribution in [0.2, 0.25) is 5.02 Å². The van der Waals surface area contributed by atoms with Crippen LogP contribution in [0.5, 0.6) is 5.75 Å². The number of hydrogen-bond acceptors (Lipinski definition) is 2. The summed E-state index contributed by atoms with van der Waals surface area (Å²) in [5.74, 6) is 0.287. The monoisotopic (exact) mass is 256 g/mol. The van der Waals surface area contributed by atoms with Crippen molar-refractivity contribution < 1.29 is 14.6 Å². The van der Waals surface area contributed by atoms with Crippen molar-refractivity contribution >= 4 is 17.6 Å². The molecule has 1 rings (SSSR count). The first-order chi connectivity index (χ1) is 8.04. The smallest absolute Gasteiger partial charge is 0.303 e. The number of aliphatic carboxylic acids is 1. The summed E-state index contributed by atoms with van der Waals surface area (Å²) < 4.78 is 5.27. The third kappa shape index (κ3) is 4.27. The maximum absolute atomic E-state index is 10.4. The fourth-order valence-electron chi connectivity index (χ4n) is 1.81. The van der Waals surface area contributed by atoms with Crippen LogP contribution in [0.25, 0.3) is 0 Å². The molecular weight excluding hydrogens is 240 g/mol. The molecule has 1 unspecified atom stereocenters. The Bertz CT molecular complexity index is 390. The molecule has 1 N–H and O–H groups in total. The van der Waals surface area contributed by atoms with Gasteiger partial charge in [0.05, 0.1) is 7.11 Å². The lowest BCUT2D eigenvalue weighted by molar-refractivity contribution is -0.137. The van der Waals surface area contributed by atoms with Gasteiger partial charge in [-0.3, -0.25) is 4.79 Å². The minimum absolute atomic E-state index is 0.202. The third-order valence-corrected chi connectivity index (χ3v) is 2.99. The van der Waals surface area contributed by atoms with Gasteiger partial charge in [0.2, 0.25) is 0 Å². The molecule has 0 aliphatic heterocycles. The summed E-state index contributed by atoms with van der Waals surface area (Å²) >= 11 is 5.95. The Balaban J connectivity index is 2.69. The van der Waals surface area contributed by atoms with Crippen LogP contribution in [-0.4, -0.2) is 18.2 Å². The van der Waals surface area contributed by atoms with Crippen LogP contribution in [0.3, 0.4) is 0 Å². The number of carboxylic acid groups (broad SMARTS) is 1. The van der Waals surface area contributed by atoms with Gasteiger partial charge in [-0.15, -0.1) is 0 Å². The molecule has 1 aromatic carbocycles. The van der Waals surface area contributed by atoms with Gasteiger partial charge in [-0.05, 0) is 42.5 Å². The second-order valence-corrected chi connectivity index (χ2v) is 4.51. The van der Waals surface area contributed by atoms with E-state index in [2.05, 4.69) is 6.92 Å². The van der Waals surface area contributed by atoms with E-state index in [0.29, 0.717) is 11.4 Å². The van der Waals surface area contributed by atoms with Gasteiger partial charge in [-0.2, -0.15) is 0 Å². The van der Waals surface area contributed by atoms with Gasteiger partial charge >= 0.3 is 5.97 Å². The second-order valence-electron chi connectivity index (χ2n) is 4.07. The van der Waals surface area contributed by atoms with Gasteiger partial charge in [0.25, 0.3) is 0 Å². The summed E-state index contributed by atoms with van der Waals surface area (Å²) in [5, 5.41) is 9.27. The van der Waals surface area contributed by atoms with E-state index in [1.807, 2.05) is 12.1 Å². The van der Waals surface area contributed by atoms with Crippen molar-refractivity contribution in [3.8, 4) is 5.75 Å². The van der Waals surface area contributed by atoms with Gasteiger partial charge < -0.3 is 9.84 Å². The standard InChI is InChI=1S/C13H17ClO3/c1-9(4-3-5-13(15)16)11-8-10(14)6-7-12(11)17-2/h6-9H,3-5H2,1-2H3,(H,15,16). The van der Waals surface area contributed by atoms with Gasteiger partial charge in [0, 0.05) is 11.4 Å². The summed E-state index contributed by atoms with van der Waals surface area (Å²) in [5.41, 5.74) is 1.03. The zero-order chi connectivity index (χ0) is 12.8. The highest BCUT2D eigenvalue weighted by molar-refractivity contribution is 6.30. The van der Waals surface area contributed by atoms with Crippen LogP contribution in [-0.2, 0) is 4.79 Å². The molecule has 1 atom stereocenters. The highest BCUT2D eigenvalue weighted by atomic mass is 35.5. The van der Waals surface area contributed by atoms with Crippen molar-refractivity contribution in [1.29, 1.82) is 0 Å². The van der Waals surface area contributed by atoms with E-state index in [4.69, 9.17) is 21.4 Å². The molecular formula is C13H17ClO3. The van der Waals surface area contributed by atoms with Gasteiger partial charge in [-0.25, -0.2) is 0 Å². The topological polar surface area (TPSA) is 46.5 Å². The van der Waals surface area contributed by atoms with Crippen molar-refractivity contribution in [3.63, 3.8) is 0 Å². The Kier molecular flexibility index (Phi) is 5.29. The highest BCUT2D eigenvalue weighted by Crippen LogP contribution is 2.32. The molecule has 1 aromatic rings. The number of halogens is 1. The molecule has 0 aromatic heterocycles. The average Bonchev–Trinajstić information content (AvgIpc) is 2.28. The molecule has 0 saturated heterocycles. The number of benzene rings is 1. The maximum atomic E-state index is 10.4. The first-order valence-corrected chi connectivity index (χ1v) is 5.97. The zero-order valence-corrected chi connectivity index (χ0v) is 10.8. The Labute approximate surface area is 106 Å². The van der Waals surface area contributed by atoms with Gasteiger partial charge in [-0.1, -0.05) is 18.5 Å². The maximum Gasteiger partial charge on any atom is 0.303 e. The first-order valence-electron chi connectivity index (χ1n) is 5.59. The van der Waals surface area contributed by atoms with Crippen molar-refractivity contribution in [2.24, 2.45) is 0 Å². The summed E-state index contributed by atoms with van der Waals surface area (Å²) in [6.07, 6.45) is 1.67. The molecule has 0 heterocycles. The Hall–Kier alpha value is -1.22. The number of ether oxygens (including phenoxy) is 1. The van der Waals surface area contributed by atoms with Crippen LogP contribution in [0.1, 0.15) is 37.7 Å². The molecule has 0 radical (unpaired) electrons. The number of rotatable bonds is 6. The van der Waals surface area contributed by atoms with E-state index >= 15 is 0 Å². The molecule has 0 amide bonds. The zero-order valence-electron chi connectivity index (χ0n) is 10.1. The predicted octanol–water partition coefficient (Wildman–Crippen LogP) is 3.71.